The highest BCUT2D eigenvalue weighted by atomic mass is 35.5. The summed E-state index contributed by atoms with van der Waals surface area (Å²) >= 11 is 4.70. The minimum atomic E-state index is 0.161. The van der Waals surface area contributed by atoms with Crippen LogP contribution in [-0.4, -0.2) is 29.2 Å². The first kappa shape index (κ1) is 8.00. The molecule has 6 heteroatoms. The molecule has 0 fully saturated rings. The van der Waals surface area contributed by atoms with E-state index in [4.69, 9.17) is 21.1 Å². The van der Waals surface area contributed by atoms with Crippen molar-refractivity contribution >= 4 is 0 Å². The lowest BCUT2D eigenvalue weighted by Crippen LogP contribution is -1.99. The molecule has 0 atom stereocenters. The number of aromatic nitrogens is 3. The molecule has 0 bridgehead atoms. The molecule has 0 spiro atoms. The van der Waals surface area contributed by atoms with Crippen molar-refractivity contribution in [2.45, 2.75) is 0 Å². The highest BCUT2D eigenvalue weighted by Crippen LogP contribution is 2.07. The third-order valence-corrected chi connectivity index (χ3v) is 1.12. The predicted molar refractivity (Wildman–Crippen MR) is 33.5 cm³/mol. The molecule has 5 nitrogen and oxygen atoms in total. The molecule has 0 aromatic carbocycles. The smallest absolute Gasteiger partial charge is 0.426 e. The van der Waals surface area contributed by atoms with Crippen LogP contribution in [0.4, 0.5) is 0 Å². The average molecular weight is 177 g/mol. The summed E-state index contributed by atoms with van der Waals surface area (Å²) in [6.45, 7) is 0. The lowest BCUT2D eigenvalue weighted by molar-refractivity contribution is -0.304. The fraction of sp³-hybridized carbons (Fsp3) is 0.400. The summed E-state index contributed by atoms with van der Waals surface area (Å²) < 4.78 is 9.46. The average Bonchev–Trinajstić information content (AvgIpc) is 2.03. The Hall–Kier alpha value is -1.10. The quantitative estimate of drug-likeness (QED) is 0.613. The summed E-state index contributed by atoms with van der Waals surface area (Å²) in [6.07, 6.45) is 0. The van der Waals surface area contributed by atoms with Crippen LogP contribution in [0.15, 0.2) is 0 Å². The van der Waals surface area contributed by atoms with E-state index in [0.717, 1.165) is 0 Å². The second-order valence-corrected chi connectivity index (χ2v) is 1.96. The third-order valence-electron chi connectivity index (χ3n) is 0.939. The van der Waals surface area contributed by atoms with Crippen molar-refractivity contribution < 1.29 is 21.1 Å². The van der Waals surface area contributed by atoms with Gasteiger partial charge in [-0.25, -0.2) is 0 Å². The number of ether oxygens (including phenoxy) is 2. The van der Waals surface area contributed by atoms with E-state index in [2.05, 4.69) is 15.0 Å². The van der Waals surface area contributed by atoms with Gasteiger partial charge in [0.05, 0.1) is 14.2 Å². The van der Waals surface area contributed by atoms with Crippen molar-refractivity contribution in [2.24, 2.45) is 0 Å². The van der Waals surface area contributed by atoms with Crippen LogP contribution < -0.4 is 9.47 Å². The molecule has 0 radical (unpaired) electrons. The maximum absolute atomic E-state index is 4.73. The summed E-state index contributed by atoms with van der Waals surface area (Å²) in [5.41, 5.74) is 0. The molecule has 1 heterocycles. The zero-order valence-electron chi connectivity index (χ0n) is 6.07. The Kier molecular flexibility index (Phi) is 2.43. The van der Waals surface area contributed by atoms with E-state index in [0.29, 0.717) is 0 Å². The van der Waals surface area contributed by atoms with E-state index in [1.807, 2.05) is 0 Å². The Balaban J connectivity index is 3.02. The molecular weight excluding hydrogens is 170 g/mol. The Morgan fingerprint density at radius 1 is 1.00 bits per heavy atom. The molecule has 0 amide bonds. The molecule has 0 N–H and O–H groups in total. The van der Waals surface area contributed by atoms with E-state index < -0.39 is 0 Å². The summed E-state index contributed by atoms with van der Waals surface area (Å²) in [4.78, 5) is 11.1. The Labute approximate surface area is 68.4 Å². The van der Waals surface area contributed by atoms with Gasteiger partial charge in [-0.1, -0.05) is 0 Å². The van der Waals surface area contributed by atoms with Gasteiger partial charge in [0.2, 0.25) is 0 Å². The number of halogens is 1. The molecular formula is C5H7ClN3O2+. The predicted octanol–water partition coefficient (Wildman–Crippen LogP) is -0.415. The molecule has 0 aliphatic heterocycles. The van der Waals surface area contributed by atoms with E-state index in [1.165, 1.54) is 14.2 Å². The first-order valence-corrected chi connectivity index (χ1v) is 3.18. The lowest BCUT2D eigenvalue weighted by Gasteiger charge is -1.97. The standard InChI is InChI=1S/C5H7ClN3O2/c1-10-4-7-3(6)8-5(9-4)11-2/h6H,1-2H3/q+1. The SMILES string of the molecule is COc1nc([ClH+])nc(OC)n1. The van der Waals surface area contributed by atoms with Crippen molar-refractivity contribution in [3.8, 4) is 12.0 Å². The maximum Gasteiger partial charge on any atom is 0.426 e. The molecule has 1 aromatic heterocycles. The second-order valence-electron chi connectivity index (χ2n) is 1.59. The van der Waals surface area contributed by atoms with Crippen molar-refractivity contribution in [2.75, 3.05) is 14.2 Å². The molecule has 0 aliphatic carbocycles. The molecule has 0 saturated heterocycles. The molecule has 1 aromatic rings. The van der Waals surface area contributed by atoms with Crippen LogP contribution in [0.2, 0.25) is 5.28 Å². The number of methoxy groups -OCH3 is 2. The van der Waals surface area contributed by atoms with Gasteiger partial charge >= 0.3 is 17.3 Å². The fourth-order valence-corrected chi connectivity index (χ4v) is 0.659. The Morgan fingerprint density at radius 3 is 1.82 bits per heavy atom. The van der Waals surface area contributed by atoms with Crippen LogP contribution in [-0.2, 0) is 0 Å². The number of hydrogen-bond acceptors (Lipinski definition) is 5. The van der Waals surface area contributed by atoms with Crippen LogP contribution in [0.25, 0.3) is 0 Å². The number of rotatable bonds is 2. The van der Waals surface area contributed by atoms with E-state index in [1.54, 1.807) is 0 Å². The zero-order valence-corrected chi connectivity index (χ0v) is 6.88. The summed E-state index contributed by atoms with van der Waals surface area (Å²) in [6, 6.07) is 0.337. The summed E-state index contributed by atoms with van der Waals surface area (Å²) in [5.74, 6) is 0. The molecule has 0 aliphatic rings. The van der Waals surface area contributed by atoms with E-state index in [-0.39, 0.29) is 17.3 Å². The van der Waals surface area contributed by atoms with Crippen LogP contribution in [0, 0.1) is 11.6 Å². The van der Waals surface area contributed by atoms with Gasteiger partial charge in [0.25, 0.3) is 0 Å². The van der Waals surface area contributed by atoms with Gasteiger partial charge < -0.3 is 9.47 Å². The monoisotopic (exact) mass is 176 g/mol. The van der Waals surface area contributed by atoms with Crippen molar-refractivity contribution in [3.63, 3.8) is 0 Å². The lowest BCUT2D eigenvalue weighted by atomic mass is 11.0. The Morgan fingerprint density at radius 2 is 1.45 bits per heavy atom. The van der Waals surface area contributed by atoms with Gasteiger partial charge in [0, 0.05) is 0 Å². The number of nitrogens with zero attached hydrogens (tertiary/aromatic N) is 3. The van der Waals surface area contributed by atoms with E-state index >= 15 is 0 Å². The highest BCUT2D eigenvalue weighted by Gasteiger charge is 2.08. The molecule has 0 saturated carbocycles. The second kappa shape index (κ2) is 3.34. The van der Waals surface area contributed by atoms with Crippen molar-refractivity contribution in [1.29, 1.82) is 0 Å². The molecule has 60 valence electrons. The van der Waals surface area contributed by atoms with Crippen LogP contribution in [0.1, 0.15) is 0 Å². The van der Waals surface area contributed by atoms with Crippen LogP contribution in [0.3, 0.4) is 0 Å². The van der Waals surface area contributed by atoms with Crippen LogP contribution >= 0.6 is 0 Å². The van der Waals surface area contributed by atoms with Gasteiger partial charge in [-0.3, -0.25) is 0 Å². The molecule has 11 heavy (non-hydrogen) atoms. The van der Waals surface area contributed by atoms with Gasteiger partial charge in [-0.2, -0.15) is 0 Å². The van der Waals surface area contributed by atoms with E-state index in [9.17, 15) is 0 Å². The Bertz CT molecular complexity index is 233. The minimum Gasteiger partial charge on any atom is -0.467 e. The first-order chi connectivity index (χ1) is 5.26. The fourth-order valence-electron chi connectivity index (χ4n) is 0.503. The summed E-state index contributed by atoms with van der Waals surface area (Å²) in [5, 5.41) is 0.161. The van der Waals surface area contributed by atoms with Crippen LogP contribution in [0.5, 0.6) is 12.0 Å². The zero-order chi connectivity index (χ0) is 8.27. The topological polar surface area (TPSA) is 57.1 Å². The van der Waals surface area contributed by atoms with Crippen molar-refractivity contribution in [3.05, 3.63) is 5.28 Å². The van der Waals surface area contributed by atoms with Gasteiger partial charge in [-0.15, -0.1) is 15.0 Å². The highest BCUT2D eigenvalue weighted by molar-refractivity contribution is 5.01. The normalized spacial score (nSPS) is 9.36. The summed E-state index contributed by atoms with van der Waals surface area (Å²) in [7, 11) is 2.90. The third kappa shape index (κ3) is 1.91. The van der Waals surface area contributed by atoms with Gasteiger partial charge in [0.15, 0.2) is 11.6 Å². The minimum absolute atomic E-state index is 0.161. The molecule has 0 unspecified atom stereocenters. The van der Waals surface area contributed by atoms with Gasteiger partial charge in [0.1, 0.15) is 0 Å². The largest absolute Gasteiger partial charge is 0.467 e. The maximum atomic E-state index is 4.73. The van der Waals surface area contributed by atoms with Gasteiger partial charge in [-0.05, 0) is 0 Å². The number of hydrogen-bond donors (Lipinski definition) is 0. The first-order valence-electron chi connectivity index (χ1n) is 2.77. The van der Waals surface area contributed by atoms with Crippen molar-refractivity contribution in [1.82, 2.24) is 15.0 Å². The molecule has 1 rings (SSSR count).